The summed E-state index contributed by atoms with van der Waals surface area (Å²) < 4.78 is 5.70. The van der Waals surface area contributed by atoms with Crippen molar-refractivity contribution >= 4 is 5.97 Å². The summed E-state index contributed by atoms with van der Waals surface area (Å²) in [5, 5.41) is 3.54. The van der Waals surface area contributed by atoms with Crippen molar-refractivity contribution in [2.45, 2.75) is 156 Å². The Hall–Kier alpha value is -0.570. The van der Waals surface area contributed by atoms with E-state index < -0.39 is 0 Å². The second kappa shape index (κ2) is 26.7. The molecule has 0 aliphatic rings. The van der Waals surface area contributed by atoms with E-state index in [2.05, 4.69) is 26.1 Å². The lowest BCUT2D eigenvalue weighted by atomic mass is 9.95. The zero-order valence-electron chi connectivity index (χ0n) is 22.4. The lowest BCUT2D eigenvalue weighted by molar-refractivity contribution is -0.145. The van der Waals surface area contributed by atoms with E-state index in [0.717, 1.165) is 25.9 Å². The lowest BCUT2D eigenvalue weighted by Crippen LogP contribution is -2.16. The number of carbonyl (C=O) groups excluding carboxylic acids is 1. The van der Waals surface area contributed by atoms with E-state index in [1.165, 1.54) is 116 Å². The minimum atomic E-state index is 0.0283. The fourth-order valence-electron chi connectivity index (χ4n) is 4.34. The summed E-state index contributed by atoms with van der Waals surface area (Å²) in [5.74, 6) is 0.603. The molecule has 0 spiro atoms. The van der Waals surface area contributed by atoms with Crippen molar-refractivity contribution in [2.75, 3.05) is 19.7 Å². The van der Waals surface area contributed by atoms with E-state index in [0.29, 0.717) is 18.9 Å². The Labute approximate surface area is 202 Å². The van der Waals surface area contributed by atoms with E-state index >= 15 is 0 Å². The third-order valence-corrected chi connectivity index (χ3v) is 6.60. The predicted octanol–water partition coefficient (Wildman–Crippen LogP) is 8.99. The Bertz CT molecular complexity index is 372. The highest BCUT2D eigenvalue weighted by Gasteiger charge is 2.12. The van der Waals surface area contributed by atoms with Crippen LogP contribution >= 0.6 is 0 Å². The van der Waals surface area contributed by atoms with Gasteiger partial charge in [0.2, 0.25) is 0 Å². The largest absolute Gasteiger partial charge is 0.465 e. The molecule has 0 radical (unpaired) electrons. The summed E-state index contributed by atoms with van der Waals surface area (Å²) in [6, 6.07) is 0. The van der Waals surface area contributed by atoms with Gasteiger partial charge in [0, 0.05) is 6.42 Å². The molecule has 1 N–H and O–H groups in total. The third kappa shape index (κ3) is 24.1. The number of hydrogen-bond donors (Lipinski definition) is 1. The van der Waals surface area contributed by atoms with E-state index in [9.17, 15) is 4.79 Å². The number of nitrogens with one attached hydrogen (secondary N) is 1. The summed E-state index contributed by atoms with van der Waals surface area (Å²) in [6.07, 6.45) is 26.2. The molecule has 1 unspecified atom stereocenters. The summed E-state index contributed by atoms with van der Waals surface area (Å²) in [4.78, 5) is 12.2. The number of ether oxygens (including phenoxy) is 1. The zero-order valence-corrected chi connectivity index (χ0v) is 22.4. The molecule has 0 saturated heterocycles. The maximum atomic E-state index is 12.2. The molecular weight excluding hydrogens is 394 g/mol. The van der Waals surface area contributed by atoms with Crippen LogP contribution in [0.2, 0.25) is 0 Å². The molecule has 0 saturated carbocycles. The van der Waals surface area contributed by atoms with E-state index in [-0.39, 0.29) is 5.97 Å². The van der Waals surface area contributed by atoms with Gasteiger partial charge in [-0.3, -0.25) is 4.79 Å². The van der Waals surface area contributed by atoms with Gasteiger partial charge in [0.1, 0.15) is 0 Å². The first-order chi connectivity index (χ1) is 15.7. The van der Waals surface area contributed by atoms with Gasteiger partial charge in [-0.15, -0.1) is 0 Å². The maximum absolute atomic E-state index is 12.2. The van der Waals surface area contributed by atoms with Crippen LogP contribution in [0.15, 0.2) is 0 Å². The van der Waals surface area contributed by atoms with Crippen molar-refractivity contribution in [3.63, 3.8) is 0 Å². The topological polar surface area (TPSA) is 38.3 Å². The van der Waals surface area contributed by atoms with Gasteiger partial charge in [0.25, 0.3) is 0 Å². The Morgan fingerprint density at radius 1 is 0.594 bits per heavy atom. The van der Waals surface area contributed by atoms with E-state index in [4.69, 9.17) is 4.74 Å². The molecular formula is C29H59NO2. The quantitative estimate of drug-likeness (QED) is 0.105. The number of carbonyl (C=O) groups is 1. The van der Waals surface area contributed by atoms with Crippen molar-refractivity contribution < 1.29 is 9.53 Å². The van der Waals surface area contributed by atoms with Crippen LogP contribution in [0.3, 0.4) is 0 Å². The van der Waals surface area contributed by atoms with Crippen molar-refractivity contribution in [1.29, 1.82) is 0 Å². The highest BCUT2D eigenvalue weighted by Crippen LogP contribution is 2.20. The van der Waals surface area contributed by atoms with Gasteiger partial charge in [0.05, 0.1) is 6.61 Å². The standard InChI is InChI=1S/C29H59NO2/c1-4-7-10-13-14-18-23-28(22-17-11-8-5-2)27-32-29(31)24-19-15-16-21-26-30-25-20-12-9-6-3/h28,30H,4-27H2,1-3H3. The summed E-state index contributed by atoms with van der Waals surface area (Å²) >= 11 is 0. The Kier molecular flexibility index (Phi) is 26.2. The molecule has 0 heterocycles. The first-order valence-corrected chi connectivity index (χ1v) is 14.6. The van der Waals surface area contributed by atoms with E-state index in [1.54, 1.807) is 0 Å². The van der Waals surface area contributed by atoms with Crippen molar-refractivity contribution in [2.24, 2.45) is 5.92 Å². The fraction of sp³-hybridized carbons (Fsp3) is 0.966. The summed E-state index contributed by atoms with van der Waals surface area (Å²) in [6.45, 7) is 9.73. The highest BCUT2D eigenvalue weighted by atomic mass is 16.5. The Morgan fingerprint density at radius 3 is 1.62 bits per heavy atom. The number of unbranched alkanes of at least 4 members (excludes halogenated alkanes) is 14. The van der Waals surface area contributed by atoms with Gasteiger partial charge in [0.15, 0.2) is 0 Å². The third-order valence-electron chi connectivity index (χ3n) is 6.60. The normalized spacial score (nSPS) is 12.2. The second-order valence-electron chi connectivity index (χ2n) is 9.93. The molecule has 0 bridgehead atoms. The van der Waals surface area contributed by atoms with Crippen LogP contribution in [-0.4, -0.2) is 25.7 Å². The number of esters is 1. The molecule has 0 rings (SSSR count). The van der Waals surface area contributed by atoms with Crippen LogP contribution < -0.4 is 5.32 Å². The molecule has 32 heavy (non-hydrogen) atoms. The molecule has 0 aliphatic heterocycles. The fourth-order valence-corrected chi connectivity index (χ4v) is 4.34. The average molecular weight is 454 g/mol. The Morgan fingerprint density at radius 2 is 1.03 bits per heavy atom. The van der Waals surface area contributed by atoms with Crippen LogP contribution in [0, 0.1) is 5.92 Å². The molecule has 0 fully saturated rings. The molecule has 0 aromatic rings. The van der Waals surface area contributed by atoms with Gasteiger partial charge in [-0.1, -0.05) is 117 Å². The average Bonchev–Trinajstić information content (AvgIpc) is 2.80. The lowest BCUT2D eigenvalue weighted by Gasteiger charge is -2.17. The minimum absolute atomic E-state index is 0.0283. The van der Waals surface area contributed by atoms with Crippen LogP contribution in [0.4, 0.5) is 0 Å². The molecule has 3 nitrogen and oxygen atoms in total. The van der Waals surface area contributed by atoms with Crippen molar-refractivity contribution in [1.82, 2.24) is 5.32 Å². The molecule has 192 valence electrons. The highest BCUT2D eigenvalue weighted by molar-refractivity contribution is 5.69. The first-order valence-electron chi connectivity index (χ1n) is 14.6. The van der Waals surface area contributed by atoms with Crippen LogP contribution in [-0.2, 0) is 9.53 Å². The van der Waals surface area contributed by atoms with E-state index in [1.807, 2.05) is 0 Å². The van der Waals surface area contributed by atoms with Gasteiger partial charge >= 0.3 is 5.97 Å². The molecule has 0 amide bonds. The zero-order chi connectivity index (χ0) is 23.5. The molecule has 1 atom stereocenters. The molecule has 0 aromatic heterocycles. The van der Waals surface area contributed by atoms with Crippen molar-refractivity contribution in [3.8, 4) is 0 Å². The van der Waals surface area contributed by atoms with Gasteiger partial charge in [-0.25, -0.2) is 0 Å². The first kappa shape index (κ1) is 31.4. The molecule has 0 aromatic carbocycles. The number of rotatable bonds is 26. The minimum Gasteiger partial charge on any atom is -0.465 e. The molecule has 3 heteroatoms. The Balaban J connectivity index is 3.77. The smallest absolute Gasteiger partial charge is 0.305 e. The van der Waals surface area contributed by atoms with Crippen LogP contribution in [0.1, 0.15) is 156 Å². The van der Waals surface area contributed by atoms with Crippen LogP contribution in [0.5, 0.6) is 0 Å². The van der Waals surface area contributed by atoms with Gasteiger partial charge < -0.3 is 10.1 Å². The molecule has 0 aliphatic carbocycles. The number of hydrogen-bond acceptors (Lipinski definition) is 3. The second-order valence-corrected chi connectivity index (χ2v) is 9.93. The summed E-state index contributed by atoms with van der Waals surface area (Å²) in [5.41, 5.74) is 0. The maximum Gasteiger partial charge on any atom is 0.305 e. The predicted molar refractivity (Wildman–Crippen MR) is 141 cm³/mol. The van der Waals surface area contributed by atoms with Gasteiger partial charge in [-0.05, 0) is 51.1 Å². The van der Waals surface area contributed by atoms with Gasteiger partial charge in [-0.2, -0.15) is 0 Å². The van der Waals surface area contributed by atoms with Crippen molar-refractivity contribution in [3.05, 3.63) is 0 Å². The SMILES string of the molecule is CCCCCCCCC(CCCCCC)COC(=O)CCCCCCNCCCCCC. The van der Waals surface area contributed by atoms with Crippen LogP contribution in [0.25, 0.3) is 0 Å². The summed E-state index contributed by atoms with van der Waals surface area (Å²) in [7, 11) is 0. The monoisotopic (exact) mass is 453 g/mol.